The van der Waals surface area contributed by atoms with Gasteiger partial charge in [-0.3, -0.25) is 4.79 Å². The number of anilines is 1. The van der Waals surface area contributed by atoms with E-state index in [0.29, 0.717) is 12.5 Å². The lowest BCUT2D eigenvalue weighted by Crippen LogP contribution is -2.53. The number of para-hydroxylation sites is 1. The summed E-state index contributed by atoms with van der Waals surface area (Å²) in [5, 5.41) is 19.8. The van der Waals surface area contributed by atoms with Gasteiger partial charge >= 0.3 is 24.3 Å². The Morgan fingerprint density at radius 2 is 1.53 bits per heavy atom. The third-order valence-electron chi connectivity index (χ3n) is 8.38. The Morgan fingerprint density at radius 3 is 2.11 bits per heavy atom. The summed E-state index contributed by atoms with van der Waals surface area (Å²) in [6.45, 7) is 4.56. The van der Waals surface area contributed by atoms with Gasteiger partial charge in [-0.05, 0) is 86.8 Å². The standard InChI is InChI=1S/C33H39ClN4O.2C2HF3O2/c1-23(29-20-36-30-14-8-7-13-28(29)30)32(35-17-9-12-24-10-5-4-6-11-24)33(39)38-22-25(21-37(2)3)18-26-19-27(34)15-16-31(26)38;2*3-2(4,5)1(6)7/h4-8,10-11,13-16,19-20,23,25,32,35-36H,9,12,17-18,21-22H2,1-3H3;2*(H,6,7)/t23?,25-,32?;;/m1../s1. The number of hydrogen-bond acceptors (Lipinski definition) is 5. The molecule has 0 fully saturated rings. The van der Waals surface area contributed by atoms with Gasteiger partial charge in [-0.1, -0.05) is 67.1 Å². The molecule has 0 aliphatic carbocycles. The Bertz CT molecular complexity index is 1790. The van der Waals surface area contributed by atoms with E-state index in [1.54, 1.807) is 0 Å². The second-order valence-electron chi connectivity index (χ2n) is 12.8. The lowest BCUT2D eigenvalue weighted by molar-refractivity contribution is -0.193. The fourth-order valence-electron chi connectivity index (χ4n) is 6.05. The van der Waals surface area contributed by atoms with Crippen LogP contribution in [-0.4, -0.2) is 90.1 Å². The fourth-order valence-corrected chi connectivity index (χ4v) is 6.25. The maximum atomic E-state index is 14.5. The number of aryl methyl sites for hydroxylation is 1. The fraction of sp³-hybridized carbons (Fsp3) is 0.378. The smallest absolute Gasteiger partial charge is 0.475 e. The molecule has 1 aromatic heterocycles. The number of hydrogen-bond donors (Lipinski definition) is 4. The van der Waals surface area contributed by atoms with Gasteiger partial charge in [-0.25, -0.2) is 9.59 Å². The largest absolute Gasteiger partial charge is 0.490 e. The summed E-state index contributed by atoms with van der Waals surface area (Å²) in [5.74, 6) is -5.06. The van der Waals surface area contributed by atoms with Crippen molar-refractivity contribution in [3.8, 4) is 0 Å². The number of aliphatic carboxylic acids is 2. The van der Waals surface area contributed by atoms with Gasteiger partial charge in [0.05, 0.1) is 6.04 Å². The number of amides is 1. The van der Waals surface area contributed by atoms with Crippen LogP contribution in [0.2, 0.25) is 5.02 Å². The molecule has 2 heterocycles. The molecule has 4 aromatic rings. The average molecular weight is 771 g/mol. The van der Waals surface area contributed by atoms with Gasteiger partial charge in [-0.2, -0.15) is 26.3 Å². The molecule has 1 aliphatic heterocycles. The molecule has 1 aliphatic rings. The Morgan fingerprint density at radius 1 is 0.943 bits per heavy atom. The highest BCUT2D eigenvalue weighted by Gasteiger charge is 2.39. The first kappa shape index (κ1) is 42.8. The second-order valence-corrected chi connectivity index (χ2v) is 13.2. The van der Waals surface area contributed by atoms with Crippen LogP contribution >= 0.6 is 11.6 Å². The lowest BCUT2D eigenvalue weighted by atomic mass is 9.88. The molecule has 0 saturated carbocycles. The number of aromatic amines is 1. The summed E-state index contributed by atoms with van der Waals surface area (Å²) < 4.78 is 63.5. The van der Waals surface area contributed by atoms with Crippen LogP contribution < -0.4 is 10.2 Å². The summed E-state index contributed by atoms with van der Waals surface area (Å²) in [6, 6.07) is 24.5. The van der Waals surface area contributed by atoms with Gasteiger partial charge in [0.25, 0.3) is 0 Å². The summed E-state index contributed by atoms with van der Waals surface area (Å²) in [6.07, 6.45) is -5.24. The molecular formula is C37H41ClF6N4O5. The predicted molar refractivity (Wildman–Crippen MR) is 190 cm³/mol. The molecule has 0 saturated heterocycles. The van der Waals surface area contributed by atoms with E-state index in [1.807, 2.05) is 35.2 Å². The quantitative estimate of drug-likeness (QED) is 0.0970. The molecule has 5 rings (SSSR count). The van der Waals surface area contributed by atoms with Crippen molar-refractivity contribution in [1.82, 2.24) is 15.2 Å². The van der Waals surface area contributed by atoms with Crippen LogP contribution in [0.4, 0.5) is 32.0 Å². The zero-order valence-electron chi connectivity index (χ0n) is 29.1. The normalized spacial score (nSPS) is 15.4. The van der Waals surface area contributed by atoms with E-state index < -0.39 is 24.3 Å². The molecule has 2 unspecified atom stereocenters. The van der Waals surface area contributed by atoms with Crippen LogP contribution in [0.5, 0.6) is 0 Å². The maximum Gasteiger partial charge on any atom is 0.490 e. The monoisotopic (exact) mass is 770 g/mol. The van der Waals surface area contributed by atoms with Crippen molar-refractivity contribution in [2.45, 2.75) is 50.5 Å². The topological polar surface area (TPSA) is 126 Å². The number of carboxylic acids is 2. The lowest BCUT2D eigenvalue weighted by Gasteiger charge is -2.39. The number of carboxylic acid groups (broad SMARTS) is 2. The Hall–Kier alpha value is -4.60. The number of carbonyl (C=O) groups is 3. The third kappa shape index (κ3) is 12.8. The van der Waals surface area contributed by atoms with Crippen LogP contribution in [0.3, 0.4) is 0 Å². The summed E-state index contributed by atoms with van der Waals surface area (Å²) in [7, 11) is 4.19. The molecule has 288 valence electrons. The molecule has 9 nitrogen and oxygen atoms in total. The summed E-state index contributed by atoms with van der Waals surface area (Å²) >= 11 is 6.40. The van der Waals surface area contributed by atoms with Crippen molar-refractivity contribution in [3.05, 3.63) is 101 Å². The van der Waals surface area contributed by atoms with E-state index in [1.165, 1.54) is 10.9 Å². The molecular weight excluding hydrogens is 730 g/mol. The number of alkyl halides is 6. The van der Waals surface area contributed by atoms with Crippen molar-refractivity contribution in [2.75, 3.05) is 38.6 Å². The van der Waals surface area contributed by atoms with E-state index >= 15 is 0 Å². The minimum absolute atomic E-state index is 0.0182. The number of benzene rings is 3. The minimum atomic E-state index is -5.08. The van der Waals surface area contributed by atoms with Crippen molar-refractivity contribution >= 4 is 46.0 Å². The number of aromatic nitrogens is 1. The molecule has 3 aromatic carbocycles. The van der Waals surface area contributed by atoms with Crippen LogP contribution in [0.25, 0.3) is 10.9 Å². The minimum Gasteiger partial charge on any atom is -0.475 e. The van der Waals surface area contributed by atoms with Gasteiger partial charge < -0.3 is 30.3 Å². The third-order valence-corrected chi connectivity index (χ3v) is 8.62. The molecule has 1 amide bonds. The van der Waals surface area contributed by atoms with Crippen molar-refractivity contribution in [1.29, 1.82) is 0 Å². The zero-order chi connectivity index (χ0) is 39.5. The molecule has 16 heteroatoms. The maximum absolute atomic E-state index is 14.5. The van der Waals surface area contributed by atoms with Crippen LogP contribution in [-0.2, 0) is 27.2 Å². The van der Waals surface area contributed by atoms with Crippen molar-refractivity contribution in [3.63, 3.8) is 0 Å². The highest BCUT2D eigenvalue weighted by molar-refractivity contribution is 6.30. The summed E-state index contributed by atoms with van der Waals surface area (Å²) in [4.78, 5) is 39.9. The first-order valence-corrected chi connectivity index (χ1v) is 16.9. The molecule has 53 heavy (non-hydrogen) atoms. The Labute approximate surface area is 307 Å². The van der Waals surface area contributed by atoms with Crippen LogP contribution in [0.15, 0.2) is 79.0 Å². The SMILES string of the molecule is CC(c1c[nH]c2ccccc12)C(NCCCc1ccccc1)C(=O)N1C[C@@H](CN(C)C)Cc2cc(Cl)ccc21.O=C(O)C(F)(F)F.O=C(O)C(F)(F)F. The molecule has 4 N–H and O–H groups in total. The average Bonchev–Trinajstić information content (AvgIpc) is 3.51. The number of H-pyrrole nitrogens is 1. The highest BCUT2D eigenvalue weighted by Crippen LogP contribution is 2.35. The summed E-state index contributed by atoms with van der Waals surface area (Å²) in [5.41, 5.74) is 5.72. The molecule has 0 bridgehead atoms. The number of carbonyl (C=O) groups excluding carboxylic acids is 1. The predicted octanol–water partition coefficient (Wildman–Crippen LogP) is 7.55. The van der Waals surface area contributed by atoms with Crippen LogP contribution in [0.1, 0.15) is 36.0 Å². The van der Waals surface area contributed by atoms with E-state index in [2.05, 4.69) is 84.9 Å². The molecule has 3 atom stereocenters. The van der Waals surface area contributed by atoms with Crippen molar-refractivity contribution in [2.24, 2.45) is 5.92 Å². The van der Waals surface area contributed by atoms with Gasteiger partial charge in [0.2, 0.25) is 5.91 Å². The van der Waals surface area contributed by atoms with E-state index in [-0.39, 0.29) is 17.9 Å². The van der Waals surface area contributed by atoms with Crippen LogP contribution in [0, 0.1) is 5.92 Å². The van der Waals surface area contributed by atoms with Gasteiger partial charge in [0.15, 0.2) is 0 Å². The van der Waals surface area contributed by atoms with E-state index in [9.17, 15) is 31.1 Å². The van der Waals surface area contributed by atoms with Gasteiger partial charge in [-0.15, -0.1) is 0 Å². The Balaban J connectivity index is 0.000000458. The van der Waals surface area contributed by atoms with Crippen molar-refractivity contribution < 1.29 is 50.9 Å². The molecule has 0 radical (unpaired) electrons. The first-order valence-electron chi connectivity index (χ1n) is 16.5. The number of rotatable bonds is 10. The zero-order valence-corrected chi connectivity index (χ0v) is 29.9. The second kappa shape index (κ2) is 18.9. The number of nitrogens with one attached hydrogen (secondary N) is 2. The Kier molecular flexibility index (Phi) is 15.3. The number of halogens is 7. The van der Waals surface area contributed by atoms with Gasteiger partial charge in [0, 0.05) is 46.8 Å². The first-order chi connectivity index (χ1) is 24.8. The van der Waals surface area contributed by atoms with Gasteiger partial charge in [0.1, 0.15) is 0 Å². The molecule has 0 spiro atoms. The number of nitrogens with zero attached hydrogens (tertiary/aromatic N) is 2. The van der Waals surface area contributed by atoms with E-state index in [0.717, 1.165) is 59.7 Å². The highest BCUT2D eigenvalue weighted by atomic mass is 35.5. The van der Waals surface area contributed by atoms with E-state index in [4.69, 9.17) is 31.4 Å². The number of fused-ring (bicyclic) bond motifs is 2.